The van der Waals surface area contributed by atoms with Crippen molar-refractivity contribution < 1.29 is 43.2 Å². The Kier molecular flexibility index (Phi) is 9.32. The predicted molar refractivity (Wildman–Crippen MR) is 109 cm³/mol. The maximum atomic E-state index is 11.3. The molecular formula is C19H27N2O9P. The average molecular weight is 458 g/mol. The Hall–Kier alpha value is -2.11. The first-order valence-electron chi connectivity index (χ1n) is 9.40. The Morgan fingerprint density at radius 2 is 2.10 bits per heavy atom. The first kappa shape index (κ1) is 25.2. The molecule has 0 aliphatic carbocycles. The monoisotopic (exact) mass is 458 g/mol. The minimum Gasteiger partial charge on any atom is -0.426 e. The summed E-state index contributed by atoms with van der Waals surface area (Å²) in [6, 6.07) is 5.60. The molecule has 2 heterocycles. The third kappa shape index (κ3) is 6.44. The van der Waals surface area contributed by atoms with Gasteiger partial charge in [-0.05, 0) is 25.3 Å². The first-order chi connectivity index (χ1) is 14.8. The van der Waals surface area contributed by atoms with Gasteiger partial charge in [-0.1, -0.05) is 18.2 Å². The van der Waals surface area contributed by atoms with Gasteiger partial charge in [0, 0.05) is 32.0 Å². The van der Waals surface area contributed by atoms with Gasteiger partial charge in [0.1, 0.15) is 18.1 Å². The number of carbonyl (C=O) groups is 2. The van der Waals surface area contributed by atoms with E-state index >= 15 is 0 Å². The number of para-hydroxylation sites is 1. The second-order valence-corrected chi connectivity index (χ2v) is 7.61. The van der Waals surface area contributed by atoms with Crippen LogP contribution in [0.15, 0.2) is 30.5 Å². The lowest BCUT2D eigenvalue weighted by Crippen LogP contribution is -2.45. The van der Waals surface area contributed by atoms with E-state index < -0.39 is 32.8 Å². The van der Waals surface area contributed by atoms with E-state index in [4.69, 9.17) is 23.4 Å². The van der Waals surface area contributed by atoms with E-state index in [1.165, 1.54) is 19.3 Å². The second-order valence-electron chi connectivity index (χ2n) is 6.54. The average Bonchev–Trinajstić information content (AvgIpc) is 3.27. The molecule has 12 heteroatoms. The molecule has 2 amide bonds. The van der Waals surface area contributed by atoms with Crippen LogP contribution in [-0.2, 0) is 30.0 Å². The van der Waals surface area contributed by atoms with Crippen LogP contribution in [0.1, 0.15) is 24.0 Å². The number of aliphatic hydroxyl groups is 3. The van der Waals surface area contributed by atoms with Gasteiger partial charge in [0.15, 0.2) is 0 Å². The Morgan fingerprint density at radius 1 is 1.35 bits per heavy atom. The van der Waals surface area contributed by atoms with E-state index in [-0.39, 0.29) is 13.0 Å². The summed E-state index contributed by atoms with van der Waals surface area (Å²) in [5.41, 5.74) is 1.72. The summed E-state index contributed by atoms with van der Waals surface area (Å²) >= 11 is 0. The van der Waals surface area contributed by atoms with Gasteiger partial charge in [0.2, 0.25) is 12.3 Å². The van der Waals surface area contributed by atoms with Crippen LogP contribution in [0.3, 0.4) is 0 Å². The standard InChI is InChI=1S/C18H23N2O8P.CH4O/c1-12-4-3-5-13-10-25-29(27-17(12)13)28-18(23,24)14-6-7-16(26-14)20(11-21)9-8-15(22)19-2;1-2/h3-5,8-9,11,14,16,23-24H,6-7,10H2,1-2H3,(H,19,22);2H,1H3/b9-8-;. The van der Waals surface area contributed by atoms with Gasteiger partial charge in [-0.2, -0.15) is 0 Å². The molecule has 0 spiro atoms. The predicted octanol–water partition coefficient (Wildman–Crippen LogP) is 0.618. The van der Waals surface area contributed by atoms with Crippen LogP contribution in [0, 0.1) is 6.92 Å². The molecule has 0 bridgehead atoms. The van der Waals surface area contributed by atoms with Crippen molar-refractivity contribution in [1.29, 1.82) is 0 Å². The lowest BCUT2D eigenvalue weighted by molar-refractivity contribution is -0.346. The molecular weight excluding hydrogens is 431 g/mol. The second kappa shape index (κ2) is 11.5. The topological polar surface area (TPSA) is 147 Å². The molecule has 3 atom stereocenters. The number of likely N-dealkylation sites (N-methyl/N-ethyl adjacent to an activating group) is 1. The molecule has 172 valence electrons. The molecule has 3 unspecified atom stereocenters. The molecule has 2 aliphatic heterocycles. The zero-order valence-electron chi connectivity index (χ0n) is 17.4. The van der Waals surface area contributed by atoms with E-state index in [1.54, 1.807) is 0 Å². The van der Waals surface area contributed by atoms with Crippen LogP contribution in [0.4, 0.5) is 0 Å². The van der Waals surface area contributed by atoms with Crippen LogP contribution >= 0.6 is 8.60 Å². The van der Waals surface area contributed by atoms with Crippen molar-refractivity contribution >= 4 is 20.9 Å². The maximum absolute atomic E-state index is 11.3. The van der Waals surface area contributed by atoms with E-state index in [0.29, 0.717) is 18.6 Å². The van der Waals surface area contributed by atoms with Crippen molar-refractivity contribution in [3.8, 4) is 5.75 Å². The van der Waals surface area contributed by atoms with Crippen molar-refractivity contribution in [1.82, 2.24) is 10.2 Å². The smallest absolute Gasteiger partial charge is 0.402 e. The number of hydrogen-bond acceptors (Lipinski definition) is 9. The van der Waals surface area contributed by atoms with Gasteiger partial charge in [0.25, 0.3) is 0 Å². The Labute approximate surface area is 181 Å². The number of hydrogen-bond donors (Lipinski definition) is 4. The fraction of sp³-hybridized carbons (Fsp3) is 0.474. The number of nitrogens with zero attached hydrogens (tertiary/aromatic N) is 1. The van der Waals surface area contributed by atoms with Crippen molar-refractivity contribution in [2.75, 3.05) is 14.2 Å². The summed E-state index contributed by atoms with van der Waals surface area (Å²) in [5.74, 6) is -2.48. The number of carbonyl (C=O) groups excluding carboxylic acids is 2. The number of aliphatic hydroxyl groups excluding tert-OH is 1. The summed E-state index contributed by atoms with van der Waals surface area (Å²) in [7, 11) is 0.399. The van der Waals surface area contributed by atoms with Crippen LogP contribution in [0.5, 0.6) is 5.75 Å². The number of ether oxygens (including phenoxy) is 1. The maximum Gasteiger partial charge on any atom is 0.402 e. The van der Waals surface area contributed by atoms with Gasteiger partial charge in [-0.15, -0.1) is 0 Å². The Morgan fingerprint density at radius 3 is 2.77 bits per heavy atom. The molecule has 0 aromatic heterocycles. The van der Waals surface area contributed by atoms with Gasteiger partial charge in [0.05, 0.1) is 6.61 Å². The lowest BCUT2D eigenvalue weighted by Gasteiger charge is -2.32. The zero-order chi connectivity index (χ0) is 23.0. The molecule has 0 radical (unpaired) electrons. The molecule has 1 fully saturated rings. The lowest BCUT2D eigenvalue weighted by atomic mass is 10.1. The molecule has 4 N–H and O–H groups in total. The number of nitrogens with one attached hydrogen (secondary N) is 1. The highest BCUT2D eigenvalue weighted by Crippen LogP contribution is 2.51. The molecule has 1 aromatic carbocycles. The number of rotatable bonds is 7. The highest BCUT2D eigenvalue weighted by Gasteiger charge is 2.47. The SMILES string of the molecule is CNC(=O)/C=C\N(C=O)C1CCC(C(O)(O)OP2OCc3cccc(C)c3O2)O1.CO. The first-order valence-corrected chi connectivity index (χ1v) is 10.5. The summed E-state index contributed by atoms with van der Waals surface area (Å²) in [6.07, 6.45) is 1.51. The number of aryl methyl sites for hydroxylation is 1. The van der Waals surface area contributed by atoms with E-state index in [1.807, 2.05) is 25.1 Å². The third-order valence-electron chi connectivity index (χ3n) is 4.51. The van der Waals surface area contributed by atoms with E-state index in [2.05, 4.69) is 5.32 Å². The minimum absolute atomic E-state index is 0.203. The molecule has 1 aromatic rings. The van der Waals surface area contributed by atoms with Crippen molar-refractivity contribution in [3.63, 3.8) is 0 Å². The number of benzene rings is 1. The van der Waals surface area contributed by atoms with Crippen molar-refractivity contribution in [2.45, 2.75) is 44.7 Å². The van der Waals surface area contributed by atoms with Crippen LogP contribution < -0.4 is 9.84 Å². The van der Waals surface area contributed by atoms with Crippen molar-refractivity contribution in [3.05, 3.63) is 41.6 Å². The van der Waals surface area contributed by atoms with Gasteiger partial charge in [-0.25, -0.2) is 4.52 Å². The highest BCUT2D eigenvalue weighted by molar-refractivity contribution is 7.42. The van der Waals surface area contributed by atoms with E-state index in [0.717, 1.165) is 23.1 Å². The molecule has 2 aliphatic rings. The quantitative estimate of drug-likeness (QED) is 0.200. The van der Waals surface area contributed by atoms with Crippen molar-refractivity contribution in [2.24, 2.45) is 0 Å². The largest absolute Gasteiger partial charge is 0.426 e. The van der Waals surface area contributed by atoms with Gasteiger partial charge in [-0.3, -0.25) is 19.0 Å². The Balaban J connectivity index is 0.00000166. The zero-order valence-corrected chi connectivity index (χ0v) is 18.3. The molecule has 0 saturated carbocycles. The molecule has 31 heavy (non-hydrogen) atoms. The summed E-state index contributed by atoms with van der Waals surface area (Å²) in [4.78, 5) is 23.7. The van der Waals surface area contributed by atoms with Crippen LogP contribution in [-0.4, -0.2) is 65.0 Å². The number of fused-ring (bicyclic) bond motifs is 1. The molecule has 11 nitrogen and oxygen atoms in total. The summed E-state index contributed by atoms with van der Waals surface area (Å²) in [5, 5.41) is 30.2. The molecule has 1 saturated heterocycles. The highest BCUT2D eigenvalue weighted by atomic mass is 31.2. The normalized spacial score (nSPS) is 22.7. The molecule has 3 rings (SSSR count). The minimum atomic E-state index is -2.68. The fourth-order valence-corrected chi connectivity index (χ4v) is 4.08. The third-order valence-corrected chi connectivity index (χ3v) is 5.60. The summed E-state index contributed by atoms with van der Waals surface area (Å²) < 4.78 is 21.9. The number of amides is 2. The van der Waals surface area contributed by atoms with Crippen LogP contribution in [0.2, 0.25) is 0 Å². The summed E-state index contributed by atoms with van der Waals surface area (Å²) in [6.45, 7) is 2.09. The van der Waals surface area contributed by atoms with Gasteiger partial charge < -0.3 is 29.9 Å². The Bertz CT molecular complexity index is 790. The fourth-order valence-electron chi connectivity index (χ4n) is 2.95. The van der Waals surface area contributed by atoms with Crippen LogP contribution in [0.25, 0.3) is 0 Å². The van der Waals surface area contributed by atoms with E-state index in [9.17, 15) is 19.8 Å². The van der Waals surface area contributed by atoms with Gasteiger partial charge >= 0.3 is 14.6 Å².